The summed E-state index contributed by atoms with van der Waals surface area (Å²) < 4.78 is 52.2. The third kappa shape index (κ3) is 6.60. The molecular formula is C27H30FN3O6S. The Kier molecular flexibility index (Phi) is 9.30. The first-order valence-electron chi connectivity index (χ1n) is 11.7. The van der Waals surface area contributed by atoms with Crippen molar-refractivity contribution in [2.75, 3.05) is 32.1 Å². The molecule has 9 nitrogen and oxygen atoms in total. The molecule has 0 radical (unpaired) electrons. The maximum absolute atomic E-state index is 13.7. The van der Waals surface area contributed by atoms with Crippen molar-refractivity contribution in [1.29, 1.82) is 0 Å². The van der Waals surface area contributed by atoms with Gasteiger partial charge in [-0.3, -0.25) is 13.9 Å². The predicted molar refractivity (Wildman–Crippen MR) is 141 cm³/mol. The number of amides is 2. The van der Waals surface area contributed by atoms with E-state index in [0.717, 1.165) is 16.4 Å². The predicted octanol–water partition coefficient (Wildman–Crippen LogP) is 3.20. The zero-order chi connectivity index (χ0) is 27.9. The number of methoxy groups -OCH3 is 2. The first-order valence-corrected chi connectivity index (χ1v) is 13.1. The number of halogens is 1. The summed E-state index contributed by atoms with van der Waals surface area (Å²) >= 11 is 0. The molecule has 0 aliphatic rings. The molecule has 1 atom stereocenters. The minimum Gasteiger partial charge on any atom is -0.497 e. The molecule has 38 heavy (non-hydrogen) atoms. The Morgan fingerprint density at radius 2 is 1.42 bits per heavy atom. The summed E-state index contributed by atoms with van der Waals surface area (Å²) in [6.07, 6.45) is 0. The summed E-state index contributed by atoms with van der Waals surface area (Å²) in [7, 11) is 0.179. The Bertz CT molecular complexity index is 1350. The van der Waals surface area contributed by atoms with Gasteiger partial charge in [-0.2, -0.15) is 0 Å². The molecule has 3 aromatic carbocycles. The zero-order valence-electron chi connectivity index (χ0n) is 21.5. The summed E-state index contributed by atoms with van der Waals surface area (Å²) in [4.78, 5) is 27.4. The van der Waals surface area contributed by atoms with Crippen LogP contribution in [0.4, 0.5) is 10.1 Å². The molecule has 0 aliphatic carbocycles. The second-order valence-corrected chi connectivity index (χ2v) is 10.2. The van der Waals surface area contributed by atoms with E-state index in [1.165, 1.54) is 62.6 Å². The molecule has 2 amide bonds. The molecule has 1 N–H and O–H groups in total. The molecular weight excluding hydrogens is 513 g/mol. The molecule has 3 aromatic rings. The van der Waals surface area contributed by atoms with E-state index in [0.29, 0.717) is 17.1 Å². The molecule has 11 heteroatoms. The number of nitrogens with one attached hydrogen (secondary N) is 1. The highest BCUT2D eigenvalue weighted by Gasteiger charge is 2.32. The van der Waals surface area contributed by atoms with Crippen molar-refractivity contribution in [3.63, 3.8) is 0 Å². The van der Waals surface area contributed by atoms with Crippen LogP contribution < -0.4 is 19.1 Å². The first-order chi connectivity index (χ1) is 18.1. The Labute approximate surface area is 221 Å². The van der Waals surface area contributed by atoms with Crippen LogP contribution >= 0.6 is 0 Å². The quantitative estimate of drug-likeness (QED) is 0.398. The largest absolute Gasteiger partial charge is 0.497 e. The smallest absolute Gasteiger partial charge is 0.264 e. The normalized spacial score (nSPS) is 11.8. The fraction of sp³-hybridized carbons (Fsp3) is 0.259. The molecule has 0 saturated heterocycles. The van der Waals surface area contributed by atoms with Gasteiger partial charge >= 0.3 is 0 Å². The van der Waals surface area contributed by atoms with E-state index in [1.807, 2.05) is 0 Å². The van der Waals surface area contributed by atoms with E-state index in [2.05, 4.69) is 5.32 Å². The lowest BCUT2D eigenvalue weighted by atomic mass is 10.1. The number of nitrogens with zero attached hydrogens (tertiary/aromatic N) is 2. The first kappa shape index (κ1) is 28.5. The SMILES string of the molecule is CNC(=O)C(C)N(Cc1ccc(OC)cc1)C(=O)CN(c1ccc(F)cc1)S(=O)(=O)c1ccc(OC)cc1. The van der Waals surface area contributed by atoms with Crippen molar-refractivity contribution < 1.29 is 31.9 Å². The number of ether oxygens (including phenoxy) is 2. The number of hydrogen-bond donors (Lipinski definition) is 1. The van der Waals surface area contributed by atoms with Crippen molar-refractivity contribution in [1.82, 2.24) is 10.2 Å². The Hall–Kier alpha value is -4.12. The van der Waals surface area contributed by atoms with Crippen LogP contribution in [-0.4, -0.2) is 59.0 Å². The lowest BCUT2D eigenvalue weighted by molar-refractivity contribution is -0.139. The molecule has 202 valence electrons. The van der Waals surface area contributed by atoms with Crippen molar-refractivity contribution >= 4 is 27.5 Å². The monoisotopic (exact) mass is 543 g/mol. The second kappa shape index (κ2) is 12.4. The number of carbonyl (C=O) groups is 2. The third-order valence-electron chi connectivity index (χ3n) is 5.97. The van der Waals surface area contributed by atoms with Crippen LogP contribution in [0.25, 0.3) is 0 Å². The summed E-state index contributed by atoms with van der Waals surface area (Å²) in [5.74, 6) is -0.523. The van der Waals surface area contributed by atoms with Gasteiger partial charge in [0.25, 0.3) is 10.0 Å². The van der Waals surface area contributed by atoms with Gasteiger partial charge in [-0.05, 0) is 73.2 Å². The minimum absolute atomic E-state index is 0.0389. The number of hydrogen-bond acceptors (Lipinski definition) is 6. The molecule has 1 unspecified atom stereocenters. The second-order valence-electron chi connectivity index (χ2n) is 8.32. The number of likely N-dealkylation sites (N-methyl/N-ethyl adjacent to an activating group) is 1. The third-order valence-corrected chi connectivity index (χ3v) is 7.75. The van der Waals surface area contributed by atoms with Gasteiger partial charge in [-0.25, -0.2) is 12.8 Å². The number of benzene rings is 3. The highest BCUT2D eigenvalue weighted by molar-refractivity contribution is 7.92. The van der Waals surface area contributed by atoms with Crippen LogP contribution in [0.5, 0.6) is 11.5 Å². The van der Waals surface area contributed by atoms with Crippen molar-refractivity contribution in [2.45, 2.75) is 24.4 Å². The molecule has 3 rings (SSSR count). The van der Waals surface area contributed by atoms with Crippen molar-refractivity contribution in [3.05, 3.63) is 84.2 Å². The molecule has 0 bridgehead atoms. The van der Waals surface area contributed by atoms with Gasteiger partial charge in [0.05, 0.1) is 24.8 Å². The van der Waals surface area contributed by atoms with Gasteiger partial charge in [-0.1, -0.05) is 12.1 Å². The fourth-order valence-electron chi connectivity index (χ4n) is 3.73. The summed E-state index contributed by atoms with van der Waals surface area (Å²) in [6, 6.07) is 16.5. The van der Waals surface area contributed by atoms with Gasteiger partial charge in [0.15, 0.2) is 0 Å². The topological polar surface area (TPSA) is 105 Å². The van der Waals surface area contributed by atoms with E-state index in [1.54, 1.807) is 31.2 Å². The number of rotatable bonds is 11. The number of sulfonamides is 1. The lowest BCUT2D eigenvalue weighted by Gasteiger charge is -2.31. The van der Waals surface area contributed by atoms with E-state index in [4.69, 9.17) is 9.47 Å². The Morgan fingerprint density at radius 1 is 0.895 bits per heavy atom. The molecule has 0 fully saturated rings. The van der Waals surface area contributed by atoms with Gasteiger partial charge < -0.3 is 19.7 Å². The van der Waals surface area contributed by atoms with Crippen molar-refractivity contribution in [2.24, 2.45) is 0 Å². The maximum Gasteiger partial charge on any atom is 0.264 e. The standard InChI is InChI=1S/C27H30FN3O6S/c1-19(27(33)29-2)30(17-20-5-11-23(36-3)12-6-20)26(32)18-31(22-9-7-21(28)8-10-22)38(34,35)25-15-13-24(37-4)14-16-25/h5-16,19H,17-18H2,1-4H3,(H,29,33). The number of carbonyl (C=O) groups excluding carboxylic acids is 2. The summed E-state index contributed by atoms with van der Waals surface area (Å²) in [6.45, 7) is 0.967. The Balaban J connectivity index is 2.01. The van der Waals surface area contributed by atoms with Gasteiger partial charge in [0, 0.05) is 13.6 Å². The van der Waals surface area contributed by atoms with Crippen LogP contribution in [0, 0.1) is 5.82 Å². The van der Waals surface area contributed by atoms with Crippen LogP contribution in [0.3, 0.4) is 0 Å². The van der Waals surface area contributed by atoms with Crippen LogP contribution in [0.1, 0.15) is 12.5 Å². The van der Waals surface area contributed by atoms with Crippen LogP contribution in [0.2, 0.25) is 0 Å². The molecule has 0 aromatic heterocycles. The van der Waals surface area contributed by atoms with Gasteiger partial charge in [0.2, 0.25) is 11.8 Å². The molecule has 0 aliphatic heterocycles. The van der Waals surface area contributed by atoms with E-state index in [-0.39, 0.29) is 17.1 Å². The highest BCUT2D eigenvalue weighted by Crippen LogP contribution is 2.26. The average Bonchev–Trinajstić information content (AvgIpc) is 2.94. The molecule has 0 heterocycles. The molecule has 0 spiro atoms. The zero-order valence-corrected chi connectivity index (χ0v) is 22.4. The average molecular weight is 544 g/mol. The lowest BCUT2D eigenvalue weighted by Crippen LogP contribution is -2.50. The van der Waals surface area contributed by atoms with Gasteiger partial charge in [0.1, 0.15) is 29.9 Å². The van der Waals surface area contributed by atoms with Crippen LogP contribution in [0.15, 0.2) is 77.7 Å². The fourth-order valence-corrected chi connectivity index (χ4v) is 5.14. The minimum atomic E-state index is -4.26. The summed E-state index contributed by atoms with van der Waals surface area (Å²) in [5.41, 5.74) is 0.800. The summed E-state index contributed by atoms with van der Waals surface area (Å²) in [5, 5.41) is 2.52. The van der Waals surface area contributed by atoms with Crippen LogP contribution in [-0.2, 0) is 26.2 Å². The molecule has 0 saturated carbocycles. The Morgan fingerprint density at radius 3 is 1.92 bits per heavy atom. The highest BCUT2D eigenvalue weighted by atomic mass is 32.2. The van der Waals surface area contributed by atoms with E-state index in [9.17, 15) is 22.4 Å². The van der Waals surface area contributed by atoms with Gasteiger partial charge in [-0.15, -0.1) is 0 Å². The van der Waals surface area contributed by atoms with E-state index >= 15 is 0 Å². The van der Waals surface area contributed by atoms with Crippen molar-refractivity contribution in [3.8, 4) is 11.5 Å². The number of anilines is 1. The van der Waals surface area contributed by atoms with E-state index < -0.39 is 40.2 Å². The maximum atomic E-state index is 13.7.